The van der Waals surface area contributed by atoms with Gasteiger partial charge >= 0.3 is 5.97 Å². The third-order valence-corrected chi connectivity index (χ3v) is 7.38. The third-order valence-electron chi connectivity index (χ3n) is 4.74. The monoisotopic (exact) mass is 474 g/mol. The maximum absolute atomic E-state index is 10.5. The van der Waals surface area contributed by atoms with Crippen LogP contribution in [0.3, 0.4) is 0 Å². The van der Waals surface area contributed by atoms with Crippen LogP contribution in [-0.4, -0.2) is 45.0 Å². The molecule has 1 aromatic heterocycles. The van der Waals surface area contributed by atoms with Gasteiger partial charge in [-0.15, -0.1) is 23.1 Å². The molecule has 0 spiro atoms. The molecule has 0 saturated heterocycles. The number of hydrogen-bond donors (Lipinski definition) is 3. The van der Waals surface area contributed by atoms with Crippen molar-refractivity contribution in [1.29, 1.82) is 0 Å². The van der Waals surface area contributed by atoms with E-state index in [1.54, 1.807) is 11.3 Å². The van der Waals surface area contributed by atoms with E-state index in [0.29, 0.717) is 12.2 Å². The Hall–Kier alpha value is -0.600. The molecule has 0 bridgehead atoms. The van der Waals surface area contributed by atoms with Crippen LogP contribution in [-0.2, 0) is 11.2 Å². The maximum atomic E-state index is 10.5. The summed E-state index contributed by atoms with van der Waals surface area (Å²) in [6.07, 6.45) is 11.3. The number of aliphatic hydroxyl groups is 2. The van der Waals surface area contributed by atoms with Gasteiger partial charge in [0.25, 0.3) is 0 Å². The minimum atomic E-state index is -0.796. The first-order valence-corrected chi connectivity index (χ1v) is 12.0. The zero-order valence-corrected chi connectivity index (χ0v) is 18.4. The Bertz CT molecular complexity index is 644. The van der Waals surface area contributed by atoms with Gasteiger partial charge in [-0.2, -0.15) is 0 Å². The second-order valence-corrected chi connectivity index (χ2v) is 9.75. The van der Waals surface area contributed by atoms with Crippen LogP contribution in [0.2, 0.25) is 0 Å². The molecule has 0 aromatic carbocycles. The number of aliphatic carboxylic acids is 1. The molecule has 1 aromatic rings. The molecule has 1 heterocycles. The first kappa shape index (κ1) is 22.7. The first-order valence-electron chi connectivity index (χ1n) is 9.17. The molecular weight excluding hydrogens is 448 g/mol. The van der Waals surface area contributed by atoms with Crippen molar-refractivity contribution in [3.05, 3.63) is 45.1 Å². The van der Waals surface area contributed by atoms with Gasteiger partial charge in [0.05, 0.1) is 18.0 Å². The van der Waals surface area contributed by atoms with Gasteiger partial charge in [0.1, 0.15) is 0 Å². The van der Waals surface area contributed by atoms with Crippen LogP contribution >= 0.6 is 39.0 Å². The van der Waals surface area contributed by atoms with Crippen molar-refractivity contribution in [1.82, 2.24) is 0 Å². The lowest BCUT2D eigenvalue weighted by Crippen LogP contribution is -2.17. The zero-order chi connectivity index (χ0) is 19.6. The zero-order valence-electron chi connectivity index (χ0n) is 15.2. The number of hydrogen-bond acceptors (Lipinski definition) is 5. The average Bonchev–Trinajstić information content (AvgIpc) is 3.20. The van der Waals surface area contributed by atoms with Crippen LogP contribution in [0.1, 0.15) is 30.6 Å². The standard InChI is InChI=1S/C20H27BrO4S2/c21-15-11-17(27-12-15)8-7-16(22)6-4-14-5-9-19(23)18(14)3-1-2-10-26-13-20(24)25/h1-2,4,6,11-12,14,16,18-19,22-23H,3,5,7-10,13H2,(H,24,25)/b2-1-,6-4+/t14-,16+,18+,19?/m0/s1. The number of carbonyl (C=O) groups is 1. The smallest absolute Gasteiger partial charge is 0.313 e. The van der Waals surface area contributed by atoms with Gasteiger partial charge in [-0.25, -0.2) is 0 Å². The van der Waals surface area contributed by atoms with Gasteiger partial charge in [0, 0.05) is 20.5 Å². The maximum Gasteiger partial charge on any atom is 0.313 e. The van der Waals surface area contributed by atoms with Crippen molar-refractivity contribution in [2.45, 2.75) is 44.3 Å². The topological polar surface area (TPSA) is 77.8 Å². The molecule has 0 radical (unpaired) electrons. The van der Waals surface area contributed by atoms with Gasteiger partial charge in [-0.05, 0) is 65.9 Å². The number of halogens is 1. The van der Waals surface area contributed by atoms with Crippen LogP contribution < -0.4 is 0 Å². The Morgan fingerprint density at radius 2 is 2.22 bits per heavy atom. The quantitative estimate of drug-likeness (QED) is 0.324. The first-order chi connectivity index (χ1) is 13.0. The fourth-order valence-electron chi connectivity index (χ4n) is 3.33. The van der Waals surface area contributed by atoms with E-state index in [9.17, 15) is 15.0 Å². The summed E-state index contributed by atoms with van der Waals surface area (Å²) < 4.78 is 1.09. The number of rotatable bonds is 11. The molecule has 4 nitrogen and oxygen atoms in total. The van der Waals surface area contributed by atoms with Crippen molar-refractivity contribution in [3.63, 3.8) is 0 Å². The van der Waals surface area contributed by atoms with Crippen molar-refractivity contribution in [2.24, 2.45) is 11.8 Å². The Kier molecular flexibility index (Phi) is 10.1. The van der Waals surface area contributed by atoms with Crippen LogP contribution in [0.15, 0.2) is 40.2 Å². The summed E-state index contributed by atoms with van der Waals surface area (Å²) in [7, 11) is 0. The predicted octanol–water partition coefficient (Wildman–Crippen LogP) is 4.51. The second-order valence-electron chi connectivity index (χ2n) is 6.81. The summed E-state index contributed by atoms with van der Waals surface area (Å²) in [5.41, 5.74) is 0. The summed E-state index contributed by atoms with van der Waals surface area (Å²) in [6.45, 7) is 0. The molecule has 1 aliphatic rings. The van der Waals surface area contributed by atoms with Gasteiger partial charge in [-0.3, -0.25) is 4.79 Å². The molecular formula is C20H27BrO4S2. The lowest BCUT2D eigenvalue weighted by atomic mass is 9.90. The molecule has 3 N–H and O–H groups in total. The average molecular weight is 475 g/mol. The summed E-state index contributed by atoms with van der Waals surface area (Å²) >= 11 is 6.51. The summed E-state index contributed by atoms with van der Waals surface area (Å²) in [5.74, 6) is 0.439. The number of allylic oxidation sites excluding steroid dienone is 2. The molecule has 0 amide bonds. The van der Waals surface area contributed by atoms with Gasteiger partial charge in [-0.1, -0.05) is 24.3 Å². The van der Waals surface area contributed by atoms with Crippen LogP contribution in [0.5, 0.6) is 0 Å². The number of thiophene rings is 1. The highest BCUT2D eigenvalue weighted by atomic mass is 79.9. The second kappa shape index (κ2) is 12.1. The minimum Gasteiger partial charge on any atom is -0.481 e. The summed E-state index contributed by atoms with van der Waals surface area (Å²) in [5, 5.41) is 31.1. The molecule has 7 heteroatoms. The highest BCUT2D eigenvalue weighted by molar-refractivity contribution is 9.10. The highest BCUT2D eigenvalue weighted by Gasteiger charge is 2.32. The van der Waals surface area contributed by atoms with E-state index in [2.05, 4.69) is 33.5 Å². The van der Waals surface area contributed by atoms with E-state index >= 15 is 0 Å². The molecule has 1 aliphatic carbocycles. The van der Waals surface area contributed by atoms with E-state index in [-0.39, 0.29) is 23.7 Å². The van der Waals surface area contributed by atoms with Gasteiger partial charge < -0.3 is 15.3 Å². The Labute approximate surface area is 177 Å². The molecule has 4 atom stereocenters. The van der Waals surface area contributed by atoms with E-state index in [1.807, 2.05) is 18.2 Å². The lowest BCUT2D eigenvalue weighted by molar-refractivity contribution is -0.133. The fraction of sp³-hybridized carbons (Fsp3) is 0.550. The molecule has 1 saturated carbocycles. The van der Waals surface area contributed by atoms with Crippen molar-refractivity contribution in [2.75, 3.05) is 11.5 Å². The van der Waals surface area contributed by atoms with Gasteiger partial charge in [0.15, 0.2) is 0 Å². The molecule has 150 valence electrons. The van der Waals surface area contributed by atoms with E-state index in [0.717, 1.165) is 30.2 Å². The third kappa shape index (κ3) is 8.52. The number of thioether (sulfide) groups is 1. The van der Waals surface area contributed by atoms with E-state index in [1.165, 1.54) is 16.6 Å². The Morgan fingerprint density at radius 1 is 1.41 bits per heavy atom. The van der Waals surface area contributed by atoms with E-state index in [4.69, 9.17) is 5.11 Å². The van der Waals surface area contributed by atoms with Crippen LogP contribution in [0.25, 0.3) is 0 Å². The molecule has 1 fully saturated rings. The number of aryl methyl sites for hydroxylation is 1. The largest absolute Gasteiger partial charge is 0.481 e. The Morgan fingerprint density at radius 3 is 2.93 bits per heavy atom. The van der Waals surface area contributed by atoms with Crippen molar-refractivity contribution >= 4 is 45.0 Å². The molecule has 2 rings (SSSR count). The fourth-order valence-corrected chi connectivity index (χ4v) is 5.36. The van der Waals surface area contributed by atoms with Crippen molar-refractivity contribution in [3.8, 4) is 0 Å². The minimum absolute atomic E-state index is 0.113. The number of carboxylic acid groups (broad SMARTS) is 1. The van der Waals surface area contributed by atoms with Crippen molar-refractivity contribution < 1.29 is 20.1 Å². The highest BCUT2D eigenvalue weighted by Crippen LogP contribution is 2.36. The van der Waals surface area contributed by atoms with Crippen LogP contribution in [0, 0.1) is 11.8 Å². The SMILES string of the molecule is O=C(O)CSC/C=C\C[C@H]1C(O)CC[C@@H]1/C=C/[C@@H](O)CCc1cc(Br)cs1. The van der Waals surface area contributed by atoms with E-state index < -0.39 is 12.1 Å². The normalized spacial score (nSPS) is 24.2. The lowest BCUT2D eigenvalue weighted by Gasteiger charge is -2.18. The molecule has 27 heavy (non-hydrogen) atoms. The number of carboxylic acids is 1. The number of aliphatic hydroxyl groups excluding tert-OH is 2. The Balaban J connectivity index is 1.74. The predicted molar refractivity (Wildman–Crippen MR) is 116 cm³/mol. The summed E-state index contributed by atoms with van der Waals surface area (Å²) in [6, 6.07) is 2.09. The summed E-state index contributed by atoms with van der Waals surface area (Å²) in [4.78, 5) is 11.7. The molecule has 0 aliphatic heterocycles. The van der Waals surface area contributed by atoms with Crippen LogP contribution in [0.4, 0.5) is 0 Å². The van der Waals surface area contributed by atoms with Gasteiger partial charge in [0.2, 0.25) is 0 Å². The molecule has 1 unspecified atom stereocenters.